The van der Waals surface area contributed by atoms with Crippen LogP contribution in [0.2, 0.25) is 0 Å². The van der Waals surface area contributed by atoms with Crippen LogP contribution in [0.25, 0.3) is 0 Å². The van der Waals surface area contributed by atoms with E-state index in [2.05, 4.69) is 16.5 Å². The largest absolute Gasteiger partial charge is 0.305 e. The molecule has 0 saturated carbocycles. The zero-order valence-electron chi connectivity index (χ0n) is 6.82. The summed E-state index contributed by atoms with van der Waals surface area (Å²) in [5, 5.41) is 10.4. The van der Waals surface area contributed by atoms with Gasteiger partial charge in [0.1, 0.15) is 12.4 Å². The van der Waals surface area contributed by atoms with Crippen LogP contribution in [0.1, 0.15) is 0 Å². The average Bonchev–Trinajstić information content (AvgIpc) is 2.18. The van der Waals surface area contributed by atoms with Gasteiger partial charge in [-0.05, 0) is 0 Å². The molecule has 1 heterocycles. The highest BCUT2D eigenvalue weighted by molar-refractivity contribution is 7.94. The number of hydrogen-bond donors (Lipinski definition) is 0. The number of aromatic nitrogens is 2. The zero-order valence-corrected chi connectivity index (χ0v) is 7.64. The molecule has 1 aromatic heterocycles. The van der Waals surface area contributed by atoms with Gasteiger partial charge in [-0.1, -0.05) is 6.58 Å². The first-order valence-corrected chi connectivity index (χ1v) is 4.86. The van der Waals surface area contributed by atoms with E-state index in [4.69, 9.17) is 0 Å². The van der Waals surface area contributed by atoms with Crippen molar-refractivity contribution < 1.29 is 13.3 Å². The molecule has 0 spiro atoms. The van der Waals surface area contributed by atoms with Gasteiger partial charge in [0.2, 0.25) is 9.84 Å². The molecule has 0 radical (unpaired) electrons. The van der Waals surface area contributed by atoms with E-state index < -0.39 is 19.9 Å². The summed E-state index contributed by atoms with van der Waals surface area (Å²) in [4.78, 5) is 16.1. The smallest absolute Gasteiger partial charge is 0.258 e. The van der Waals surface area contributed by atoms with Gasteiger partial charge in [-0.2, -0.15) is 0 Å². The first kappa shape index (κ1) is 10.3. The quantitative estimate of drug-likeness (QED) is 0.408. The van der Waals surface area contributed by atoms with Crippen molar-refractivity contribution in [3.63, 3.8) is 0 Å². The number of nitrogens with zero attached hydrogens (tertiary/aromatic N) is 3. The van der Waals surface area contributed by atoms with Crippen molar-refractivity contribution in [2.45, 2.75) is 5.16 Å². The van der Waals surface area contributed by atoms with Crippen LogP contribution in [0.5, 0.6) is 0 Å². The fraction of sp³-hybridized carbons (Fsp3) is 0. The first-order valence-electron chi connectivity index (χ1n) is 3.31. The molecule has 0 aliphatic rings. The molecule has 0 amide bonds. The molecule has 74 valence electrons. The Morgan fingerprint density at radius 2 is 1.93 bits per heavy atom. The lowest BCUT2D eigenvalue weighted by Gasteiger charge is -1.94. The highest BCUT2D eigenvalue weighted by atomic mass is 32.2. The molecule has 0 N–H and O–H groups in total. The molecule has 7 nitrogen and oxygen atoms in total. The third-order valence-corrected chi connectivity index (χ3v) is 2.46. The molecule has 0 aliphatic carbocycles. The Morgan fingerprint density at radius 1 is 1.43 bits per heavy atom. The summed E-state index contributed by atoms with van der Waals surface area (Å²) >= 11 is 0. The fourth-order valence-electron chi connectivity index (χ4n) is 0.625. The van der Waals surface area contributed by atoms with Crippen molar-refractivity contribution >= 4 is 15.5 Å². The minimum Gasteiger partial charge on any atom is -0.258 e. The van der Waals surface area contributed by atoms with Crippen LogP contribution in [0.4, 0.5) is 5.69 Å². The van der Waals surface area contributed by atoms with Gasteiger partial charge < -0.3 is 0 Å². The second-order valence-electron chi connectivity index (χ2n) is 2.19. The van der Waals surface area contributed by atoms with Crippen molar-refractivity contribution in [1.82, 2.24) is 9.97 Å². The summed E-state index contributed by atoms with van der Waals surface area (Å²) in [6.45, 7) is 3.06. The molecular formula is C6H5N3O4S. The Morgan fingerprint density at radius 3 is 2.29 bits per heavy atom. The fourth-order valence-corrected chi connectivity index (χ4v) is 1.17. The molecule has 1 rings (SSSR count). The molecule has 0 unspecified atom stereocenters. The number of sulfone groups is 1. The van der Waals surface area contributed by atoms with E-state index in [-0.39, 0.29) is 5.69 Å². The highest BCUT2D eigenvalue weighted by Crippen LogP contribution is 2.10. The second-order valence-corrected chi connectivity index (χ2v) is 3.98. The maximum absolute atomic E-state index is 11.1. The lowest BCUT2D eigenvalue weighted by Crippen LogP contribution is -2.03. The summed E-state index contributed by atoms with van der Waals surface area (Å²) in [7, 11) is -3.72. The third-order valence-electron chi connectivity index (χ3n) is 1.30. The Bertz CT molecular complexity index is 464. The Kier molecular flexibility index (Phi) is 2.56. The maximum atomic E-state index is 11.1. The molecule has 0 aliphatic heterocycles. The molecule has 0 fully saturated rings. The standard InChI is InChI=1S/C6H5N3O4S/c1-2-14(12,13)6-7-3-5(4-8-6)9(10)11/h2-4H,1H2. The normalized spacial score (nSPS) is 10.9. The SMILES string of the molecule is C=CS(=O)(=O)c1ncc([N+](=O)[O-])cn1. The number of hydrogen-bond acceptors (Lipinski definition) is 6. The molecule has 8 heteroatoms. The van der Waals surface area contributed by atoms with Gasteiger partial charge in [0, 0.05) is 5.41 Å². The summed E-state index contributed by atoms with van der Waals surface area (Å²) in [6.07, 6.45) is 1.65. The van der Waals surface area contributed by atoms with Crippen LogP contribution in [0, 0.1) is 10.1 Å². The van der Waals surface area contributed by atoms with Crippen LogP contribution >= 0.6 is 0 Å². The van der Waals surface area contributed by atoms with Gasteiger partial charge in [-0.15, -0.1) is 0 Å². The average molecular weight is 215 g/mol. The molecule has 0 bridgehead atoms. The molecule has 0 saturated heterocycles. The van der Waals surface area contributed by atoms with E-state index in [0.717, 1.165) is 12.4 Å². The summed E-state index contributed by atoms with van der Waals surface area (Å²) in [5.41, 5.74) is -0.368. The summed E-state index contributed by atoms with van der Waals surface area (Å²) in [5.74, 6) is 0. The molecule has 1 aromatic rings. The van der Waals surface area contributed by atoms with Crippen molar-refractivity contribution in [3.8, 4) is 0 Å². The van der Waals surface area contributed by atoms with Gasteiger partial charge in [-0.3, -0.25) is 10.1 Å². The van der Waals surface area contributed by atoms with E-state index in [0.29, 0.717) is 5.41 Å². The Balaban J connectivity index is 3.19. The van der Waals surface area contributed by atoms with Crippen LogP contribution in [0.15, 0.2) is 29.5 Å². The monoisotopic (exact) mass is 215 g/mol. The van der Waals surface area contributed by atoms with Crippen molar-refractivity contribution in [2.24, 2.45) is 0 Å². The van der Waals surface area contributed by atoms with E-state index in [1.807, 2.05) is 0 Å². The van der Waals surface area contributed by atoms with E-state index in [9.17, 15) is 18.5 Å². The number of nitro groups is 1. The summed E-state index contributed by atoms with van der Waals surface area (Å²) < 4.78 is 22.1. The predicted molar refractivity (Wildman–Crippen MR) is 46.1 cm³/mol. The second kappa shape index (κ2) is 3.50. The topological polar surface area (TPSA) is 103 Å². The molecule has 0 aromatic carbocycles. The maximum Gasteiger partial charge on any atom is 0.305 e. The predicted octanol–water partition coefficient (Wildman–Crippen LogP) is 0.302. The van der Waals surface area contributed by atoms with Crippen LogP contribution < -0.4 is 0 Å². The van der Waals surface area contributed by atoms with Gasteiger partial charge in [0.05, 0.1) is 4.92 Å². The lowest BCUT2D eigenvalue weighted by atomic mass is 10.6. The van der Waals surface area contributed by atoms with E-state index in [1.54, 1.807) is 0 Å². The number of rotatable bonds is 3. The Hall–Kier alpha value is -1.83. The van der Waals surface area contributed by atoms with Gasteiger partial charge in [0.25, 0.3) is 5.16 Å². The van der Waals surface area contributed by atoms with E-state index in [1.165, 1.54) is 0 Å². The van der Waals surface area contributed by atoms with Crippen LogP contribution in [-0.2, 0) is 9.84 Å². The lowest BCUT2D eigenvalue weighted by molar-refractivity contribution is -0.385. The van der Waals surface area contributed by atoms with Gasteiger partial charge in [-0.25, -0.2) is 18.4 Å². The minimum atomic E-state index is -3.72. The van der Waals surface area contributed by atoms with Crippen LogP contribution in [-0.4, -0.2) is 23.3 Å². The van der Waals surface area contributed by atoms with Crippen molar-refractivity contribution in [1.29, 1.82) is 0 Å². The Labute approximate surface area is 79.2 Å². The van der Waals surface area contributed by atoms with E-state index >= 15 is 0 Å². The molecule has 14 heavy (non-hydrogen) atoms. The summed E-state index contributed by atoms with van der Waals surface area (Å²) in [6, 6.07) is 0. The van der Waals surface area contributed by atoms with Gasteiger partial charge in [0.15, 0.2) is 0 Å². The van der Waals surface area contributed by atoms with Crippen molar-refractivity contribution in [3.05, 3.63) is 34.5 Å². The van der Waals surface area contributed by atoms with Gasteiger partial charge >= 0.3 is 5.69 Å². The zero-order chi connectivity index (χ0) is 10.8. The van der Waals surface area contributed by atoms with Crippen molar-refractivity contribution in [2.75, 3.05) is 0 Å². The highest BCUT2D eigenvalue weighted by Gasteiger charge is 2.15. The first-order chi connectivity index (χ1) is 6.47. The van der Waals surface area contributed by atoms with Crippen LogP contribution in [0.3, 0.4) is 0 Å². The molecule has 0 atom stereocenters. The minimum absolute atomic E-state index is 0.368. The molecular weight excluding hydrogens is 210 g/mol. The third kappa shape index (κ3) is 1.91.